The predicted octanol–water partition coefficient (Wildman–Crippen LogP) is 2.32. The lowest BCUT2D eigenvalue weighted by atomic mass is 10.0. The first-order valence-electron chi connectivity index (χ1n) is 6.25. The van der Waals surface area contributed by atoms with Crippen molar-refractivity contribution in [1.82, 2.24) is 0 Å². The Labute approximate surface area is 109 Å². The Bertz CT molecular complexity index is 416. The summed E-state index contributed by atoms with van der Waals surface area (Å²) in [5.74, 6) is 0.770. The average Bonchev–Trinajstić information content (AvgIpc) is 2.31. The van der Waals surface area contributed by atoms with Crippen molar-refractivity contribution < 1.29 is 9.53 Å². The van der Waals surface area contributed by atoms with E-state index in [0.717, 1.165) is 17.0 Å². The Morgan fingerprint density at radius 2 is 2.11 bits per heavy atom. The summed E-state index contributed by atoms with van der Waals surface area (Å²) in [5, 5.41) is 2.84. The Balaban J connectivity index is 2.76. The molecule has 4 nitrogen and oxygen atoms in total. The fourth-order valence-electron chi connectivity index (χ4n) is 1.55. The average molecular weight is 250 g/mol. The Morgan fingerprint density at radius 1 is 1.44 bits per heavy atom. The highest BCUT2D eigenvalue weighted by Crippen LogP contribution is 2.21. The van der Waals surface area contributed by atoms with Crippen LogP contribution < -0.4 is 15.8 Å². The van der Waals surface area contributed by atoms with Crippen LogP contribution in [0.5, 0.6) is 5.75 Å². The van der Waals surface area contributed by atoms with Crippen molar-refractivity contribution in [2.24, 2.45) is 11.7 Å². The van der Waals surface area contributed by atoms with Crippen molar-refractivity contribution >= 4 is 11.6 Å². The largest absolute Gasteiger partial charge is 0.494 e. The predicted molar refractivity (Wildman–Crippen MR) is 73.8 cm³/mol. The molecular formula is C14H22N2O2. The maximum atomic E-state index is 11.8. The van der Waals surface area contributed by atoms with Crippen molar-refractivity contribution in [2.45, 2.75) is 33.7 Å². The molecular weight excluding hydrogens is 228 g/mol. The molecule has 0 saturated carbocycles. The van der Waals surface area contributed by atoms with Crippen molar-refractivity contribution in [1.29, 1.82) is 0 Å². The molecule has 4 heteroatoms. The minimum absolute atomic E-state index is 0.119. The fourth-order valence-corrected chi connectivity index (χ4v) is 1.55. The van der Waals surface area contributed by atoms with Crippen LogP contribution in [0.25, 0.3) is 0 Å². The smallest absolute Gasteiger partial charge is 0.241 e. The van der Waals surface area contributed by atoms with Crippen LogP contribution >= 0.6 is 0 Å². The first-order chi connectivity index (χ1) is 8.45. The minimum Gasteiger partial charge on any atom is -0.494 e. The molecule has 3 N–H and O–H groups in total. The molecule has 0 aromatic heterocycles. The molecule has 18 heavy (non-hydrogen) atoms. The normalized spacial score (nSPS) is 12.3. The molecule has 0 heterocycles. The van der Waals surface area contributed by atoms with Crippen LogP contribution in [-0.2, 0) is 4.79 Å². The van der Waals surface area contributed by atoms with Crippen molar-refractivity contribution in [2.75, 3.05) is 11.9 Å². The summed E-state index contributed by atoms with van der Waals surface area (Å²) in [6.45, 7) is 8.35. The maximum Gasteiger partial charge on any atom is 0.241 e. The van der Waals surface area contributed by atoms with Gasteiger partial charge in [0.05, 0.1) is 12.6 Å². The number of hydrogen-bond donors (Lipinski definition) is 2. The SMILES string of the molecule is CCOc1ccc(NC(=O)[C@@H](N)C(C)C)c(C)c1. The van der Waals surface area contributed by atoms with Gasteiger partial charge in [-0.15, -0.1) is 0 Å². The van der Waals surface area contributed by atoms with Crippen molar-refractivity contribution in [3.63, 3.8) is 0 Å². The number of hydrogen-bond acceptors (Lipinski definition) is 3. The van der Waals surface area contributed by atoms with Gasteiger partial charge < -0.3 is 15.8 Å². The Morgan fingerprint density at radius 3 is 2.61 bits per heavy atom. The number of carbonyl (C=O) groups is 1. The number of anilines is 1. The lowest BCUT2D eigenvalue weighted by Crippen LogP contribution is -2.39. The van der Waals surface area contributed by atoms with Gasteiger partial charge in [0.25, 0.3) is 0 Å². The van der Waals surface area contributed by atoms with Gasteiger partial charge in [0, 0.05) is 5.69 Å². The van der Waals surface area contributed by atoms with Gasteiger partial charge in [-0.2, -0.15) is 0 Å². The van der Waals surface area contributed by atoms with Crippen LogP contribution in [0.3, 0.4) is 0 Å². The molecule has 0 bridgehead atoms. The van der Waals surface area contributed by atoms with E-state index in [9.17, 15) is 4.79 Å². The topological polar surface area (TPSA) is 64.3 Å². The molecule has 0 fully saturated rings. The van der Waals surface area contributed by atoms with E-state index in [1.54, 1.807) is 0 Å². The summed E-state index contributed by atoms with van der Waals surface area (Å²) < 4.78 is 5.39. The highest BCUT2D eigenvalue weighted by molar-refractivity contribution is 5.95. The zero-order chi connectivity index (χ0) is 13.7. The van der Waals surface area contributed by atoms with E-state index >= 15 is 0 Å². The van der Waals surface area contributed by atoms with Crippen molar-refractivity contribution in [3.05, 3.63) is 23.8 Å². The highest BCUT2D eigenvalue weighted by Gasteiger charge is 2.17. The van der Waals surface area contributed by atoms with Gasteiger partial charge >= 0.3 is 0 Å². The molecule has 1 amide bonds. The minimum atomic E-state index is -0.490. The summed E-state index contributed by atoms with van der Waals surface area (Å²) in [7, 11) is 0. The number of amides is 1. The van der Waals surface area contributed by atoms with Gasteiger partial charge in [-0.05, 0) is 43.5 Å². The van der Waals surface area contributed by atoms with Crippen LogP contribution in [0.15, 0.2) is 18.2 Å². The van der Waals surface area contributed by atoms with Crippen LogP contribution in [-0.4, -0.2) is 18.6 Å². The number of carbonyl (C=O) groups excluding carboxylic acids is 1. The zero-order valence-electron chi connectivity index (χ0n) is 11.5. The lowest BCUT2D eigenvalue weighted by Gasteiger charge is -2.16. The zero-order valence-corrected chi connectivity index (χ0v) is 11.5. The first-order valence-corrected chi connectivity index (χ1v) is 6.25. The van der Waals surface area contributed by atoms with Crippen LogP contribution in [0.2, 0.25) is 0 Å². The standard InChI is InChI=1S/C14H22N2O2/c1-5-18-11-6-7-12(10(4)8-11)16-14(17)13(15)9(2)3/h6-9,13H,5,15H2,1-4H3,(H,16,17)/t13-/m0/s1. The van der Waals surface area contributed by atoms with Gasteiger partial charge in [0.1, 0.15) is 5.75 Å². The molecule has 0 unspecified atom stereocenters. The number of rotatable bonds is 5. The van der Waals surface area contributed by atoms with Gasteiger partial charge in [-0.3, -0.25) is 4.79 Å². The van der Waals surface area contributed by atoms with E-state index in [2.05, 4.69) is 5.32 Å². The van der Waals surface area contributed by atoms with E-state index in [1.807, 2.05) is 45.9 Å². The molecule has 1 aromatic carbocycles. The first kappa shape index (κ1) is 14.5. The van der Waals surface area contributed by atoms with Crippen LogP contribution in [0.1, 0.15) is 26.3 Å². The Hall–Kier alpha value is -1.55. The van der Waals surface area contributed by atoms with Crippen LogP contribution in [0, 0.1) is 12.8 Å². The van der Waals surface area contributed by atoms with Gasteiger partial charge in [0.2, 0.25) is 5.91 Å². The van der Waals surface area contributed by atoms with Crippen molar-refractivity contribution in [3.8, 4) is 5.75 Å². The molecule has 0 spiro atoms. The molecule has 0 aliphatic rings. The van der Waals surface area contributed by atoms with E-state index in [1.165, 1.54) is 0 Å². The molecule has 1 aromatic rings. The van der Waals surface area contributed by atoms with E-state index < -0.39 is 6.04 Å². The third-order valence-corrected chi connectivity index (χ3v) is 2.79. The second-order valence-electron chi connectivity index (χ2n) is 4.67. The fraction of sp³-hybridized carbons (Fsp3) is 0.500. The molecule has 0 saturated heterocycles. The molecule has 0 aliphatic carbocycles. The monoisotopic (exact) mass is 250 g/mol. The summed E-state index contributed by atoms with van der Waals surface area (Å²) in [5.41, 5.74) is 7.54. The second-order valence-corrected chi connectivity index (χ2v) is 4.67. The molecule has 100 valence electrons. The quantitative estimate of drug-likeness (QED) is 0.843. The van der Waals surface area contributed by atoms with Crippen LogP contribution in [0.4, 0.5) is 5.69 Å². The second kappa shape index (κ2) is 6.40. The molecule has 1 rings (SSSR count). The summed E-state index contributed by atoms with van der Waals surface area (Å²) in [4.78, 5) is 11.8. The number of aryl methyl sites for hydroxylation is 1. The third-order valence-electron chi connectivity index (χ3n) is 2.79. The van der Waals surface area contributed by atoms with Gasteiger partial charge in [0.15, 0.2) is 0 Å². The highest BCUT2D eigenvalue weighted by atomic mass is 16.5. The number of nitrogens with one attached hydrogen (secondary N) is 1. The van der Waals surface area contributed by atoms with Gasteiger partial charge in [-0.25, -0.2) is 0 Å². The van der Waals surface area contributed by atoms with E-state index in [0.29, 0.717) is 6.61 Å². The third kappa shape index (κ3) is 3.74. The lowest BCUT2D eigenvalue weighted by molar-refractivity contribution is -0.118. The van der Waals surface area contributed by atoms with E-state index in [-0.39, 0.29) is 11.8 Å². The van der Waals surface area contributed by atoms with Gasteiger partial charge in [-0.1, -0.05) is 13.8 Å². The number of benzene rings is 1. The molecule has 0 aliphatic heterocycles. The number of ether oxygens (including phenoxy) is 1. The Kier molecular flexibility index (Phi) is 5.16. The molecule has 0 radical (unpaired) electrons. The maximum absolute atomic E-state index is 11.8. The van der Waals surface area contributed by atoms with E-state index in [4.69, 9.17) is 10.5 Å². The molecule has 1 atom stereocenters. The summed E-state index contributed by atoms with van der Waals surface area (Å²) >= 11 is 0. The summed E-state index contributed by atoms with van der Waals surface area (Å²) in [6, 6.07) is 5.09. The number of nitrogens with two attached hydrogens (primary N) is 1. The summed E-state index contributed by atoms with van der Waals surface area (Å²) in [6.07, 6.45) is 0.